The first-order chi connectivity index (χ1) is 15.4. The van der Waals surface area contributed by atoms with E-state index in [2.05, 4.69) is 10.6 Å². The zero-order valence-corrected chi connectivity index (χ0v) is 17.9. The number of amides is 4. The molecule has 1 spiro atoms. The number of rotatable bonds is 6. The van der Waals surface area contributed by atoms with Gasteiger partial charge in [-0.15, -0.1) is 0 Å². The molecule has 1 saturated heterocycles. The van der Waals surface area contributed by atoms with Gasteiger partial charge in [0.1, 0.15) is 23.7 Å². The number of carbonyl (C=O) groups is 3. The first-order valence-electron chi connectivity index (χ1n) is 10.8. The second-order valence-corrected chi connectivity index (χ2v) is 8.40. The lowest BCUT2D eigenvalue weighted by Crippen LogP contribution is -2.55. The number of hydrogen-bond donors (Lipinski definition) is 2. The van der Waals surface area contributed by atoms with Crippen molar-refractivity contribution in [1.29, 1.82) is 0 Å². The van der Waals surface area contributed by atoms with E-state index in [9.17, 15) is 18.8 Å². The maximum absolute atomic E-state index is 13.1. The molecule has 8 heteroatoms. The Kier molecular flexibility index (Phi) is 6.12. The van der Waals surface area contributed by atoms with E-state index in [-0.39, 0.29) is 36.8 Å². The van der Waals surface area contributed by atoms with Crippen molar-refractivity contribution in [3.8, 4) is 5.75 Å². The lowest BCUT2D eigenvalue weighted by molar-refractivity contribution is -0.132. The van der Waals surface area contributed by atoms with Gasteiger partial charge in [-0.1, -0.05) is 17.7 Å². The Morgan fingerprint density at radius 3 is 2.62 bits per heavy atom. The predicted molar refractivity (Wildman–Crippen MR) is 116 cm³/mol. The summed E-state index contributed by atoms with van der Waals surface area (Å²) in [6.45, 7) is 2.15. The molecule has 1 aliphatic carbocycles. The van der Waals surface area contributed by atoms with Crippen LogP contribution in [0.15, 0.2) is 48.5 Å². The minimum Gasteiger partial charge on any atom is -0.492 e. The van der Waals surface area contributed by atoms with E-state index in [1.807, 2.05) is 19.1 Å². The van der Waals surface area contributed by atoms with Gasteiger partial charge >= 0.3 is 6.03 Å². The average Bonchev–Trinajstić information content (AvgIpc) is 2.99. The molecular formula is C24H26FN3O4. The molecule has 0 radical (unpaired) electrons. The summed E-state index contributed by atoms with van der Waals surface area (Å²) in [5.41, 5.74) is 0.633. The fraction of sp³-hybridized carbons (Fsp3) is 0.375. The summed E-state index contributed by atoms with van der Waals surface area (Å²) < 4.78 is 18.5. The Bertz CT molecular complexity index is 1010. The molecule has 1 heterocycles. The van der Waals surface area contributed by atoms with Crippen molar-refractivity contribution in [2.24, 2.45) is 0 Å². The third-order valence-corrected chi connectivity index (χ3v) is 6.04. The third-order valence-electron chi connectivity index (χ3n) is 6.04. The third kappa shape index (κ3) is 4.59. The molecule has 32 heavy (non-hydrogen) atoms. The SMILES string of the molecule is Cc1ccc(C(=O)N[C@@H]2CCC[C@]3(C2)NC(=O)N(CCOc2ccc(F)cc2)C3=O)cc1. The number of nitrogens with zero attached hydrogens (tertiary/aromatic N) is 1. The Morgan fingerprint density at radius 2 is 1.91 bits per heavy atom. The molecule has 2 N–H and O–H groups in total. The summed E-state index contributed by atoms with van der Waals surface area (Å²) in [6, 6.07) is 12.2. The summed E-state index contributed by atoms with van der Waals surface area (Å²) >= 11 is 0. The molecule has 0 aromatic heterocycles. The van der Waals surface area contributed by atoms with Crippen LogP contribution in [0, 0.1) is 12.7 Å². The molecule has 2 aromatic carbocycles. The number of urea groups is 1. The van der Waals surface area contributed by atoms with Crippen molar-refractivity contribution >= 4 is 17.8 Å². The van der Waals surface area contributed by atoms with Crippen LogP contribution in [0.4, 0.5) is 9.18 Å². The Morgan fingerprint density at radius 1 is 1.19 bits per heavy atom. The number of hydrogen-bond acceptors (Lipinski definition) is 4. The van der Waals surface area contributed by atoms with Gasteiger partial charge in [0.2, 0.25) is 0 Å². The van der Waals surface area contributed by atoms with Crippen LogP contribution in [0.2, 0.25) is 0 Å². The van der Waals surface area contributed by atoms with Crippen LogP contribution < -0.4 is 15.4 Å². The van der Waals surface area contributed by atoms with Gasteiger partial charge < -0.3 is 15.4 Å². The summed E-state index contributed by atoms with van der Waals surface area (Å²) in [5.74, 6) is -0.382. The number of imide groups is 1. The van der Waals surface area contributed by atoms with Gasteiger partial charge in [-0.25, -0.2) is 9.18 Å². The smallest absolute Gasteiger partial charge is 0.325 e. The van der Waals surface area contributed by atoms with E-state index in [4.69, 9.17) is 4.74 Å². The fourth-order valence-electron chi connectivity index (χ4n) is 4.34. The first-order valence-corrected chi connectivity index (χ1v) is 10.8. The fourth-order valence-corrected chi connectivity index (χ4v) is 4.34. The van der Waals surface area contributed by atoms with E-state index in [1.54, 1.807) is 12.1 Å². The number of halogens is 1. The lowest BCUT2D eigenvalue weighted by Gasteiger charge is -2.36. The molecule has 4 amide bonds. The molecule has 2 fully saturated rings. The van der Waals surface area contributed by atoms with Gasteiger partial charge in [0.15, 0.2) is 0 Å². The Hall–Kier alpha value is -3.42. The summed E-state index contributed by atoms with van der Waals surface area (Å²) in [6.07, 6.45) is 2.34. The normalized spacial score (nSPS) is 22.7. The number of ether oxygens (including phenoxy) is 1. The highest BCUT2D eigenvalue weighted by Gasteiger charge is 2.53. The maximum atomic E-state index is 13.1. The molecule has 2 aromatic rings. The molecule has 2 atom stereocenters. The monoisotopic (exact) mass is 439 g/mol. The quantitative estimate of drug-likeness (QED) is 0.677. The topological polar surface area (TPSA) is 87.7 Å². The molecule has 7 nitrogen and oxygen atoms in total. The largest absolute Gasteiger partial charge is 0.492 e. The van der Waals surface area contributed by atoms with Gasteiger partial charge in [-0.2, -0.15) is 0 Å². The highest BCUT2D eigenvalue weighted by atomic mass is 19.1. The molecule has 2 aliphatic rings. The Labute approximate surface area is 185 Å². The van der Waals surface area contributed by atoms with E-state index < -0.39 is 11.6 Å². The van der Waals surface area contributed by atoms with Crippen molar-refractivity contribution in [2.75, 3.05) is 13.2 Å². The predicted octanol–water partition coefficient (Wildman–Crippen LogP) is 3.18. The standard InChI is InChI=1S/C24H26FN3O4/c1-16-4-6-17(7-5-16)21(29)26-19-3-2-12-24(15-19)22(30)28(23(31)27-24)13-14-32-20-10-8-18(25)9-11-20/h4-11,19H,2-3,12-15H2,1H3,(H,26,29)(H,27,31)/t19-,24-/m1/s1. The number of benzene rings is 2. The second-order valence-electron chi connectivity index (χ2n) is 8.40. The number of carbonyl (C=O) groups excluding carboxylic acids is 3. The minimum absolute atomic E-state index is 0.0875. The second kappa shape index (κ2) is 8.98. The van der Waals surface area contributed by atoms with Crippen LogP contribution in [0.3, 0.4) is 0 Å². The first kappa shape index (κ1) is 21.8. The Balaban J connectivity index is 1.35. The highest BCUT2D eigenvalue weighted by Crippen LogP contribution is 2.34. The minimum atomic E-state index is -1.00. The lowest BCUT2D eigenvalue weighted by atomic mass is 9.78. The van der Waals surface area contributed by atoms with Crippen molar-refractivity contribution < 1.29 is 23.5 Å². The van der Waals surface area contributed by atoms with Crippen LogP contribution in [0.5, 0.6) is 5.75 Å². The van der Waals surface area contributed by atoms with E-state index in [1.165, 1.54) is 24.3 Å². The number of nitrogens with one attached hydrogen (secondary N) is 2. The van der Waals surface area contributed by atoms with Gasteiger partial charge in [0.25, 0.3) is 11.8 Å². The van der Waals surface area contributed by atoms with Crippen molar-refractivity contribution in [1.82, 2.24) is 15.5 Å². The van der Waals surface area contributed by atoms with E-state index >= 15 is 0 Å². The molecule has 1 saturated carbocycles. The molecule has 4 rings (SSSR count). The van der Waals surface area contributed by atoms with Crippen LogP contribution >= 0.6 is 0 Å². The van der Waals surface area contributed by atoms with E-state index in [0.29, 0.717) is 30.6 Å². The molecule has 0 bridgehead atoms. The molecular weight excluding hydrogens is 413 g/mol. The van der Waals surface area contributed by atoms with Crippen molar-refractivity contribution in [2.45, 2.75) is 44.2 Å². The summed E-state index contributed by atoms with van der Waals surface area (Å²) in [4.78, 5) is 39.4. The summed E-state index contributed by atoms with van der Waals surface area (Å²) in [5, 5.41) is 5.87. The van der Waals surface area contributed by atoms with Crippen molar-refractivity contribution in [3.63, 3.8) is 0 Å². The maximum Gasteiger partial charge on any atom is 0.325 e. The van der Waals surface area contributed by atoms with Crippen LogP contribution in [-0.4, -0.2) is 47.5 Å². The zero-order chi connectivity index (χ0) is 22.7. The van der Waals surface area contributed by atoms with E-state index in [0.717, 1.165) is 16.9 Å². The number of aryl methyl sites for hydroxylation is 1. The van der Waals surface area contributed by atoms with Crippen LogP contribution in [0.1, 0.15) is 41.6 Å². The van der Waals surface area contributed by atoms with Gasteiger partial charge in [-0.05, 0) is 69.0 Å². The van der Waals surface area contributed by atoms with Gasteiger partial charge in [0.05, 0.1) is 6.54 Å². The van der Waals surface area contributed by atoms with Crippen molar-refractivity contribution in [3.05, 3.63) is 65.5 Å². The molecule has 168 valence electrons. The van der Waals surface area contributed by atoms with Gasteiger partial charge in [-0.3, -0.25) is 14.5 Å². The zero-order valence-electron chi connectivity index (χ0n) is 17.9. The van der Waals surface area contributed by atoms with Gasteiger partial charge in [0, 0.05) is 11.6 Å². The molecule has 0 unspecified atom stereocenters. The molecule has 1 aliphatic heterocycles. The highest BCUT2D eigenvalue weighted by molar-refractivity contribution is 6.07. The summed E-state index contributed by atoms with van der Waals surface area (Å²) in [7, 11) is 0. The van der Waals surface area contributed by atoms with Crippen LogP contribution in [0.25, 0.3) is 0 Å². The average molecular weight is 439 g/mol. The van der Waals surface area contributed by atoms with Crippen LogP contribution in [-0.2, 0) is 4.79 Å².